The Morgan fingerprint density at radius 2 is 2.32 bits per heavy atom. The lowest BCUT2D eigenvalue weighted by Gasteiger charge is -2.16. The molecule has 1 saturated heterocycles. The van der Waals surface area contributed by atoms with Gasteiger partial charge in [0, 0.05) is 42.9 Å². The lowest BCUT2D eigenvalue weighted by molar-refractivity contribution is 0.0826. The topological polar surface area (TPSA) is 52.2 Å². The van der Waals surface area contributed by atoms with Gasteiger partial charge in [-0.3, -0.25) is 14.8 Å². The minimum absolute atomic E-state index is 0.0241. The van der Waals surface area contributed by atoms with Crippen LogP contribution in [0, 0.1) is 6.92 Å². The van der Waals surface area contributed by atoms with Crippen LogP contribution in [0.2, 0.25) is 0 Å². The summed E-state index contributed by atoms with van der Waals surface area (Å²) in [5.74, 6) is 0.388. The van der Waals surface area contributed by atoms with Gasteiger partial charge < -0.3 is 4.90 Å². The molecule has 3 heterocycles. The van der Waals surface area contributed by atoms with Crippen molar-refractivity contribution >= 4 is 17.2 Å². The number of carbonyl (C=O) groups excluding carboxylic acids is 1. The smallest absolute Gasteiger partial charge is 0.256 e. The van der Waals surface area contributed by atoms with Crippen LogP contribution >= 0.6 is 11.3 Å². The summed E-state index contributed by atoms with van der Waals surface area (Å²) in [7, 11) is 3.55. The Balaban J connectivity index is 1.68. The molecule has 0 saturated carbocycles. The first kappa shape index (κ1) is 15.2. The summed E-state index contributed by atoms with van der Waals surface area (Å²) in [5.41, 5.74) is 1.70. The second-order valence-electron chi connectivity index (χ2n) is 6.13. The van der Waals surface area contributed by atoms with Crippen LogP contribution in [-0.2, 0) is 6.54 Å². The largest absolute Gasteiger partial charge is 0.345 e. The highest BCUT2D eigenvalue weighted by molar-refractivity contribution is 7.11. The second kappa shape index (κ2) is 6.22. The van der Waals surface area contributed by atoms with Crippen LogP contribution in [0.4, 0.5) is 0 Å². The van der Waals surface area contributed by atoms with Crippen molar-refractivity contribution < 1.29 is 4.79 Å². The van der Waals surface area contributed by atoms with Gasteiger partial charge >= 0.3 is 0 Å². The van der Waals surface area contributed by atoms with Crippen molar-refractivity contribution in [1.29, 1.82) is 0 Å². The summed E-state index contributed by atoms with van der Waals surface area (Å²) in [6.45, 7) is 5.19. The molecule has 1 fully saturated rings. The van der Waals surface area contributed by atoms with Crippen LogP contribution in [0.3, 0.4) is 0 Å². The van der Waals surface area contributed by atoms with E-state index in [1.807, 2.05) is 11.3 Å². The number of nitrogens with zero attached hydrogens (tertiary/aromatic N) is 3. The molecule has 5 nitrogen and oxygen atoms in total. The van der Waals surface area contributed by atoms with E-state index in [1.54, 1.807) is 25.2 Å². The van der Waals surface area contributed by atoms with E-state index in [4.69, 9.17) is 0 Å². The number of likely N-dealkylation sites (tertiary alicyclic amines) is 1. The normalized spacial score (nSPS) is 18.8. The van der Waals surface area contributed by atoms with E-state index in [0.717, 1.165) is 31.7 Å². The van der Waals surface area contributed by atoms with Crippen molar-refractivity contribution in [2.45, 2.75) is 25.8 Å². The van der Waals surface area contributed by atoms with E-state index >= 15 is 0 Å². The molecule has 1 amide bonds. The van der Waals surface area contributed by atoms with Gasteiger partial charge in [0.2, 0.25) is 0 Å². The van der Waals surface area contributed by atoms with Gasteiger partial charge in [0.1, 0.15) is 0 Å². The Bertz CT molecular complexity index is 661. The van der Waals surface area contributed by atoms with Gasteiger partial charge in [-0.15, -0.1) is 11.3 Å². The third-order valence-electron chi connectivity index (χ3n) is 4.16. The first-order valence-electron chi connectivity index (χ1n) is 7.57. The lowest BCUT2D eigenvalue weighted by Crippen LogP contribution is -2.24. The molecule has 1 N–H and O–H groups in total. The standard InChI is InChI=1S/C16H22N4OS/c1-11-4-5-13(22-11)10-20-7-6-12(9-20)15-14(8-17-18-15)16(21)19(2)3/h4-5,8,12H,6-7,9-10H2,1-3H3,(H,17,18). The molecule has 2 aromatic heterocycles. The summed E-state index contributed by atoms with van der Waals surface area (Å²) in [5, 5.41) is 7.14. The monoisotopic (exact) mass is 318 g/mol. The Morgan fingerprint density at radius 3 is 3.00 bits per heavy atom. The van der Waals surface area contributed by atoms with Gasteiger partial charge in [0.15, 0.2) is 0 Å². The number of H-pyrrole nitrogens is 1. The summed E-state index contributed by atoms with van der Waals surface area (Å²) in [6, 6.07) is 4.39. The quantitative estimate of drug-likeness (QED) is 0.942. The molecule has 1 aliphatic rings. The van der Waals surface area contributed by atoms with Crippen LogP contribution in [-0.4, -0.2) is 53.1 Å². The minimum Gasteiger partial charge on any atom is -0.345 e. The van der Waals surface area contributed by atoms with Crippen LogP contribution in [0.15, 0.2) is 18.3 Å². The Kier molecular flexibility index (Phi) is 4.31. The predicted octanol–water partition coefficient (Wildman–Crippen LogP) is 2.47. The van der Waals surface area contributed by atoms with Crippen LogP contribution in [0.25, 0.3) is 0 Å². The zero-order chi connectivity index (χ0) is 15.7. The molecule has 0 aromatic carbocycles. The summed E-state index contributed by atoms with van der Waals surface area (Å²) >= 11 is 1.86. The van der Waals surface area contributed by atoms with E-state index in [-0.39, 0.29) is 5.91 Å². The van der Waals surface area contributed by atoms with Gasteiger partial charge in [-0.25, -0.2) is 0 Å². The number of aromatic nitrogens is 2. The van der Waals surface area contributed by atoms with E-state index in [0.29, 0.717) is 11.5 Å². The molecule has 1 unspecified atom stereocenters. The van der Waals surface area contributed by atoms with Crippen molar-refractivity contribution in [3.05, 3.63) is 39.3 Å². The molecular weight excluding hydrogens is 296 g/mol. The third-order valence-corrected chi connectivity index (χ3v) is 5.15. The highest BCUT2D eigenvalue weighted by Gasteiger charge is 2.29. The number of aryl methyl sites for hydroxylation is 1. The fourth-order valence-electron chi connectivity index (χ4n) is 3.02. The fourth-order valence-corrected chi connectivity index (χ4v) is 3.95. The molecule has 118 valence electrons. The minimum atomic E-state index is 0.0241. The zero-order valence-electron chi connectivity index (χ0n) is 13.3. The number of thiophene rings is 1. The number of nitrogens with one attached hydrogen (secondary N) is 1. The number of rotatable bonds is 4. The number of aromatic amines is 1. The Morgan fingerprint density at radius 1 is 1.50 bits per heavy atom. The van der Waals surface area contributed by atoms with Crippen molar-refractivity contribution in [2.75, 3.05) is 27.2 Å². The number of amides is 1. The summed E-state index contributed by atoms with van der Waals surface area (Å²) in [6.07, 6.45) is 2.73. The maximum absolute atomic E-state index is 12.2. The molecule has 1 aliphatic heterocycles. The van der Waals surface area contributed by atoms with Crippen LogP contribution in [0.5, 0.6) is 0 Å². The SMILES string of the molecule is Cc1ccc(CN2CCC(c3[nH]ncc3C(=O)N(C)C)C2)s1. The van der Waals surface area contributed by atoms with Gasteiger partial charge in [-0.1, -0.05) is 0 Å². The first-order chi connectivity index (χ1) is 10.5. The van der Waals surface area contributed by atoms with E-state index in [2.05, 4.69) is 34.2 Å². The van der Waals surface area contributed by atoms with E-state index in [1.165, 1.54) is 9.75 Å². The second-order valence-corrected chi connectivity index (χ2v) is 7.50. The van der Waals surface area contributed by atoms with Crippen LogP contribution in [0.1, 0.15) is 38.1 Å². The van der Waals surface area contributed by atoms with Crippen molar-refractivity contribution in [3.63, 3.8) is 0 Å². The molecule has 0 aliphatic carbocycles. The number of carbonyl (C=O) groups is 1. The van der Waals surface area contributed by atoms with Crippen molar-refractivity contribution in [2.24, 2.45) is 0 Å². The highest BCUT2D eigenvalue weighted by Crippen LogP contribution is 2.30. The molecule has 0 radical (unpaired) electrons. The number of hydrogen-bond acceptors (Lipinski definition) is 4. The third kappa shape index (κ3) is 3.08. The van der Waals surface area contributed by atoms with Gasteiger partial charge in [-0.05, 0) is 32.0 Å². The summed E-state index contributed by atoms with van der Waals surface area (Å²) in [4.78, 5) is 19.0. The highest BCUT2D eigenvalue weighted by atomic mass is 32.1. The average Bonchev–Trinajstić information content (AvgIpc) is 3.18. The van der Waals surface area contributed by atoms with Gasteiger partial charge in [0.05, 0.1) is 17.5 Å². The molecule has 3 rings (SSSR count). The maximum atomic E-state index is 12.2. The van der Waals surface area contributed by atoms with Crippen molar-refractivity contribution in [1.82, 2.24) is 20.0 Å². The maximum Gasteiger partial charge on any atom is 0.256 e. The lowest BCUT2D eigenvalue weighted by atomic mass is 10.0. The molecule has 6 heteroatoms. The first-order valence-corrected chi connectivity index (χ1v) is 8.39. The van der Waals surface area contributed by atoms with Crippen LogP contribution < -0.4 is 0 Å². The Labute approximate surface area is 134 Å². The van der Waals surface area contributed by atoms with Gasteiger partial charge in [0.25, 0.3) is 5.91 Å². The molecule has 22 heavy (non-hydrogen) atoms. The zero-order valence-corrected chi connectivity index (χ0v) is 14.1. The number of hydrogen-bond donors (Lipinski definition) is 1. The molecule has 2 aromatic rings. The van der Waals surface area contributed by atoms with Crippen molar-refractivity contribution in [3.8, 4) is 0 Å². The molecule has 0 bridgehead atoms. The molecular formula is C16H22N4OS. The molecule has 0 spiro atoms. The molecule has 1 atom stereocenters. The summed E-state index contributed by atoms with van der Waals surface area (Å²) < 4.78 is 0. The average molecular weight is 318 g/mol. The van der Waals surface area contributed by atoms with E-state index < -0.39 is 0 Å². The predicted molar refractivity (Wildman–Crippen MR) is 88.3 cm³/mol. The van der Waals surface area contributed by atoms with E-state index in [9.17, 15) is 4.79 Å². The fraction of sp³-hybridized carbons (Fsp3) is 0.500. The van der Waals surface area contributed by atoms with Gasteiger partial charge in [-0.2, -0.15) is 5.10 Å². The Hall–Kier alpha value is -1.66.